The van der Waals surface area contributed by atoms with Crippen molar-refractivity contribution in [3.8, 4) is 11.8 Å². The van der Waals surface area contributed by atoms with Crippen LogP contribution < -0.4 is 15.4 Å². The van der Waals surface area contributed by atoms with Gasteiger partial charge in [0.15, 0.2) is 17.8 Å². The van der Waals surface area contributed by atoms with E-state index in [1.807, 2.05) is 18.2 Å². The van der Waals surface area contributed by atoms with Crippen molar-refractivity contribution in [1.82, 2.24) is 30.4 Å². The minimum atomic E-state index is -1.06. The van der Waals surface area contributed by atoms with Crippen molar-refractivity contribution in [2.45, 2.75) is 57.1 Å². The van der Waals surface area contributed by atoms with E-state index in [9.17, 15) is 14.0 Å². The zero-order valence-electron chi connectivity index (χ0n) is 22.1. The lowest BCUT2D eigenvalue weighted by atomic mass is 10.1. The van der Waals surface area contributed by atoms with Gasteiger partial charge >= 0.3 is 12.1 Å². The van der Waals surface area contributed by atoms with Crippen LogP contribution in [-0.2, 0) is 9.47 Å². The third kappa shape index (κ3) is 6.53. The van der Waals surface area contributed by atoms with E-state index in [4.69, 9.17) is 19.5 Å². The molecule has 4 amide bonds. The Hall–Kier alpha value is -4.12. The van der Waals surface area contributed by atoms with Crippen LogP contribution in [-0.4, -0.2) is 81.9 Å². The summed E-state index contributed by atoms with van der Waals surface area (Å²) in [4.78, 5) is 37.1. The van der Waals surface area contributed by atoms with Crippen LogP contribution in [0.2, 0.25) is 0 Å². The lowest BCUT2D eigenvalue weighted by Gasteiger charge is -2.43. The molecule has 2 saturated heterocycles. The summed E-state index contributed by atoms with van der Waals surface area (Å²) in [6.07, 6.45) is 11.6. The normalized spacial score (nSPS) is 27.6. The maximum absolute atomic E-state index is 13.6. The molecule has 2 N–H and O–H groups in total. The average Bonchev–Trinajstić information content (AvgIpc) is 3.29. The zero-order valence-corrected chi connectivity index (χ0v) is 22.1. The first-order valence-corrected chi connectivity index (χ1v) is 13.0. The Balaban J connectivity index is 1.25. The molecular formula is C27H30FN7O5. The Labute approximate surface area is 230 Å². The van der Waals surface area contributed by atoms with Crippen molar-refractivity contribution in [1.29, 1.82) is 5.26 Å². The minimum Gasteiger partial charge on any atom is -0.454 e. The number of carbonyl (C=O) groups excluding carboxylic acids is 2. The second-order valence-corrected chi connectivity index (χ2v) is 10.1. The number of nitrogens with zero attached hydrogens (tertiary/aromatic N) is 5. The van der Waals surface area contributed by atoms with Gasteiger partial charge in [-0.2, -0.15) is 5.26 Å². The molecule has 2 aliphatic heterocycles. The Kier molecular flexibility index (Phi) is 7.92. The lowest BCUT2D eigenvalue weighted by molar-refractivity contribution is -0.139. The van der Waals surface area contributed by atoms with Crippen LogP contribution >= 0.6 is 0 Å². The number of aromatic nitrogens is 2. The highest BCUT2D eigenvalue weighted by molar-refractivity contribution is 5.96. The quantitative estimate of drug-likeness (QED) is 0.499. The molecule has 210 valence electrons. The molecule has 0 aromatic carbocycles. The number of nitriles is 1. The molecule has 0 saturated carbocycles. The van der Waals surface area contributed by atoms with E-state index >= 15 is 0 Å². The van der Waals surface area contributed by atoms with Crippen molar-refractivity contribution >= 4 is 12.1 Å². The number of allylic oxidation sites excluding steroid dienone is 3. The molecule has 0 radical (unpaired) electrons. The maximum atomic E-state index is 13.6. The summed E-state index contributed by atoms with van der Waals surface area (Å²) in [7, 11) is 0. The monoisotopic (exact) mass is 551 g/mol. The van der Waals surface area contributed by atoms with E-state index in [0.717, 1.165) is 10.5 Å². The molecular weight excluding hydrogens is 521 g/mol. The smallest absolute Gasteiger partial charge is 0.331 e. The van der Waals surface area contributed by atoms with Gasteiger partial charge in [-0.15, -0.1) is 0 Å². The first-order chi connectivity index (χ1) is 19.2. The Morgan fingerprint density at radius 1 is 1.23 bits per heavy atom. The minimum absolute atomic E-state index is 0.0323. The van der Waals surface area contributed by atoms with Crippen molar-refractivity contribution in [2.24, 2.45) is 0 Å². The van der Waals surface area contributed by atoms with E-state index in [1.165, 1.54) is 23.4 Å². The molecule has 1 aromatic heterocycles. The van der Waals surface area contributed by atoms with Crippen LogP contribution in [0.15, 0.2) is 60.2 Å². The van der Waals surface area contributed by atoms with Crippen molar-refractivity contribution in [3.05, 3.63) is 66.0 Å². The molecule has 0 spiro atoms. The number of imide groups is 1. The van der Waals surface area contributed by atoms with Gasteiger partial charge in [-0.05, 0) is 38.0 Å². The fourth-order valence-electron chi connectivity index (χ4n) is 4.65. The number of rotatable bonds is 8. The summed E-state index contributed by atoms with van der Waals surface area (Å²) in [6.45, 7) is 4.01. The van der Waals surface area contributed by atoms with E-state index in [-0.39, 0.29) is 38.0 Å². The van der Waals surface area contributed by atoms with Gasteiger partial charge in [0, 0.05) is 12.5 Å². The number of halogens is 1. The molecule has 1 aromatic rings. The fraction of sp³-hybridized carbons (Fsp3) is 0.444. The molecule has 3 heterocycles. The molecule has 13 heteroatoms. The molecule has 5 rings (SSSR count). The van der Waals surface area contributed by atoms with Crippen LogP contribution in [0.1, 0.15) is 32.5 Å². The van der Waals surface area contributed by atoms with E-state index in [2.05, 4.69) is 20.6 Å². The number of hydrogen-bond acceptors (Lipinski definition) is 9. The van der Waals surface area contributed by atoms with Gasteiger partial charge in [0.25, 0.3) is 0 Å². The summed E-state index contributed by atoms with van der Waals surface area (Å²) >= 11 is 0. The number of ether oxygens (including phenoxy) is 3. The van der Waals surface area contributed by atoms with Gasteiger partial charge in [-0.1, -0.05) is 24.3 Å². The second kappa shape index (κ2) is 11.5. The summed E-state index contributed by atoms with van der Waals surface area (Å²) in [5.41, 5.74) is 0.770. The Morgan fingerprint density at radius 3 is 2.65 bits per heavy atom. The Bertz CT molecular complexity index is 1300. The van der Waals surface area contributed by atoms with Gasteiger partial charge in [-0.3, -0.25) is 10.2 Å². The first kappa shape index (κ1) is 27.4. The summed E-state index contributed by atoms with van der Waals surface area (Å²) in [6, 6.07) is 0.580. The molecule has 3 unspecified atom stereocenters. The van der Waals surface area contributed by atoms with Gasteiger partial charge in [-0.25, -0.2) is 28.8 Å². The van der Waals surface area contributed by atoms with Crippen LogP contribution in [0.5, 0.6) is 5.75 Å². The predicted octanol–water partition coefficient (Wildman–Crippen LogP) is 2.64. The van der Waals surface area contributed by atoms with Crippen LogP contribution in [0.4, 0.5) is 14.0 Å². The number of nitrogens with one attached hydrogen (secondary N) is 2. The Morgan fingerprint density at radius 2 is 2.02 bits per heavy atom. The molecule has 0 bridgehead atoms. The molecule has 40 heavy (non-hydrogen) atoms. The standard InChI is InChI=1S/C27H30FN7O5/c1-27(2)38-16-22(40-27)15-35-25(36)33-24(34(26(35)37)14-17-3-5-18(28)6-4-17)32-19-7-9-20(10-8-19)39-21-12-30-23(11-29)31-13-21/h3-5,7,9-10,12-13,18-19,22,24,32H,6,8,14-16H2,1-2H3,(H,33,36)/t18?,19?,22-,24?/m0/s1. The van der Waals surface area contributed by atoms with Crippen LogP contribution in [0.25, 0.3) is 0 Å². The van der Waals surface area contributed by atoms with Gasteiger partial charge in [0.1, 0.15) is 24.1 Å². The average molecular weight is 552 g/mol. The highest BCUT2D eigenvalue weighted by atomic mass is 19.1. The van der Waals surface area contributed by atoms with Crippen LogP contribution in [0.3, 0.4) is 0 Å². The number of urea groups is 2. The van der Waals surface area contributed by atoms with E-state index < -0.39 is 36.4 Å². The predicted molar refractivity (Wildman–Crippen MR) is 139 cm³/mol. The maximum Gasteiger partial charge on any atom is 0.331 e. The number of carbonyl (C=O) groups is 2. The highest BCUT2D eigenvalue weighted by Gasteiger charge is 2.42. The fourth-order valence-corrected chi connectivity index (χ4v) is 4.65. The molecule has 12 nitrogen and oxygen atoms in total. The van der Waals surface area contributed by atoms with Gasteiger partial charge in [0.05, 0.1) is 32.1 Å². The first-order valence-electron chi connectivity index (χ1n) is 13.0. The second-order valence-electron chi connectivity index (χ2n) is 10.1. The summed E-state index contributed by atoms with van der Waals surface area (Å²) in [5.74, 6) is 0.218. The van der Waals surface area contributed by atoms with Crippen molar-refractivity contribution in [2.75, 3.05) is 19.7 Å². The number of hydrogen-bond donors (Lipinski definition) is 2. The third-order valence-electron chi connectivity index (χ3n) is 6.63. The number of alkyl halides is 1. The lowest BCUT2D eigenvalue weighted by Crippen LogP contribution is -2.71. The summed E-state index contributed by atoms with van der Waals surface area (Å²) in [5, 5.41) is 15.0. The van der Waals surface area contributed by atoms with Gasteiger partial charge in [0.2, 0.25) is 5.82 Å². The topological polar surface area (TPSA) is 142 Å². The van der Waals surface area contributed by atoms with Crippen molar-refractivity contribution < 1.29 is 28.2 Å². The van der Waals surface area contributed by atoms with E-state index in [0.29, 0.717) is 17.9 Å². The number of amides is 4. The largest absolute Gasteiger partial charge is 0.454 e. The van der Waals surface area contributed by atoms with E-state index in [1.54, 1.807) is 32.1 Å². The molecule has 2 aliphatic carbocycles. The van der Waals surface area contributed by atoms with Crippen molar-refractivity contribution in [3.63, 3.8) is 0 Å². The highest BCUT2D eigenvalue weighted by Crippen LogP contribution is 2.25. The SMILES string of the molecule is CC1(C)OC[C@H](CN2C(=O)NC(NC3C=CC(Oc4cnc(C#N)nc4)=CC3)N(CC3=CCC(F)C=C3)C2=O)O1. The molecule has 4 aliphatic rings. The zero-order chi connectivity index (χ0) is 28.3. The van der Waals surface area contributed by atoms with Gasteiger partial charge < -0.3 is 19.5 Å². The summed E-state index contributed by atoms with van der Waals surface area (Å²) < 4.78 is 30.8. The van der Waals surface area contributed by atoms with Crippen LogP contribution in [0, 0.1) is 11.3 Å². The molecule has 2 fully saturated rings. The molecule has 4 atom stereocenters. The third-order valence-corrected chi connectivity index (χ3v) is 6.63.